The molecule has 5 nitrogen and oxygen atoms in total. The van der Waals surface area contributed by atoms with E-state index in [0.717, 1.165) is 5.69 Å². The van der Waals surface area contributed by atoms with Crippen LogP contribution in [0.4, 0.5) is 0 Å². The van der Waals surface area contributed by atoms with Crippen LogP contribution in [0.15, 0.2) is 48.6 Å². The lowest BCUT2D eigenvalue weighted by Gasteiger charge is -2.02. The topological polar surface area (TPSA) is 67.9 Å². The van der Waals surface area contributed by atoms with Crippen molar-refractivity contribution in [3.63, 3.8) is 0 Å². The van der Waals surface area contributed by atoms with Gasteiger partial charge in [-0.2, -0.15) is 10.4 Å². The summed E-state index contributed by atoms with van der Waals surface area (Å²) in [6, 6.07) is 11.2. The summed E-state index contributed by atoms with van der Waals surface area (Å²) in [4.78, 5) is 11.8. The maximum atomic E-state index is 11.8. The Labute approximate surface area is 139 Å². The monoisotopic (exact) mass is 327 g/mol. The van der Waals surface area contributed by atoms with Gasteiger partial charge >= 0.3 is 5.97 Å². The molecule has 23 heavy (non-hydrogen) atoms. The molecule has 0 radical (unpaired) electrons. The van der Waals surface area contributed by atoms with E-state index in [2.05, 4.69) is 11.7 Å². The number of halogens is 1. The molecule has 0 unspecified atom stereocenters. The molecule has 0 aliphatic carbocycles. The number of esters is 1. The van der Waals surface area contributed by atoms with E-state index in [1.165, 1.54) is 12.2 Å². The predicted molar refractivity (Wildman–Crippen MR) is 88.1 cm³/mol. The molecule has 0 bridgehead atoms. The third kappa shape index (κ3) is 3.68. The Bertz CT molecular complexity index is 801. The van der Waals surface area contributed by atoms with E-state index in [0.29, 0.717) is 16.4 Å². The highest BCUT2D eigenvalue weighted by Gasteiger charge is 2.17. The summed E-state index contributed by atoms with van der Waals surface area (Å²) < 4.78 is 6.42. The zero-order valence-corrected chi connectivity index (χ0v) is 13.2. The molecule has 0 spiro atoms. The number of hydrogen-bond acceptors (Lipinski definition) is 4. The third-order valence-corrected chi connectivity index (χ3v) is 3.37. The lowest BCUT2D eigenvalue weighted by atomic mass is 10.1. The molecule has 6 heteroatoms. The minimum Gasteiger partial charge on any atom is -0.457 e. The van der Waals surface area contributed by atoms with Crippen molar-refractivity contribution < 1.29 is 9.53 Å². The fourth-order valence-electron chi connectivity index (χ4n) is 1.91. The van der Waals surface area contributed by atoms with Gasteiger partial charge < -0.3 is 4.74 Å². The van der Waals surface area contributed by atoms with Crippen LogP contribution in [-0.4, -0.2) is 22.4 Å². The van der Waals surface area contributed by atoms with Crippen molar-refractivity contribution in [1.82, 2.24) is 9.78 Å². The molecule has 0 saturated carbocycles. The maximum Gasteiger partial charge on any atom is 0.349 e. The zero-order chi connectivity index (χ0) is 16.8. The maximum absolute atomic E-state index is 11.8. The molecule has 0 saturated heterocycles. The Balaban J connectivity index is 2.42. The van der Waals surface area contributed by atoms with Crippen LogP contribution in [0.3, 0.4) is 0 Å². The Kier molecular flexibility index (Phi) is 5.34. The molecule has 2 rings (SSSR count). The number of ether oxygens (including phenoxy) is 1. The minimum atomic E-state index is -0.727. The molecule has 116 valence electrons. The highest BCUT2D eigenvalue weighted by atomic mass is 35.5. The third-order valence-electron chi connectivity index (χ3n) is 3.01. The summed E-state index contributed by atoms with van der Waals surface area (Å²) >= 11 is 6.35. The molecular formula is C17H14ClN3O2. The van der Waals surface area contributed by atoms with Gasteiger partial charge in [-0.25, -0.2) is 9.48 Å². The average molecular weight is 328 g/mol. The molecule has 1 aromatic carbocycles. The van der Waals surface area contributed by atoms with E-state index >= 15 is 0 Å². The van der Waals surface area contributed by atoms with Crippen molar-refractivity contribution in [2.24, 2.45) is 0 Å². The molecule has 0 amide bonds. The largest absolute Gasteiger partial charge is 0.457 e. The van der Waals surface area contributed by atoms with Crippen LogP contribution < -0.4 is 0 Å². The second-order valence-corrected chi connectivity index (χ2v) is 4.95. The molecule has 0 fully saturated rings. The van der Waals surface area contributed by atoms with Gasteiger partial charge in [0.2, 0.25) is 0 Å². The predicted octanol–water partition coefficient (Wildman–Crippen LogP) is 3.47. The minimum absolute atomic E-state index is 0.0356. The van der Waals surface area contributed by atoms with Gasteiger partial charge in [-0.3, -0.25) is 0 Å². The van der Waals surface area contributed by atoms with Gasteiger partial charge in [0.15, 0.2) is 0 Å². The lowest BCUT2D eigenvalue weighted by molar-refractivity contribution is -0.137. The van der Waals surface area contributed by atoms with Crippen LogP contribution in [0, 0.1) is 18.3 Å². The molecule has 0 N–H and O–H groups in total. The van der Waals surface area contributed by atoms with E-state index in [1.807, 2.05) is 36.4 Å². The van der Waals surface area contributed by atoms with Crippen molar-refractivity contribution in [2.45, 2.75) is 6.92 Å². The first-order valence-electron chi connectivity index (χ1n) is 6.78. The number of nitrogens with zero attached hydrogens (tertiary/aromatic N) is 3. The number of aryl methyl sites for hydroxylation is 1. The Morgan fingerprint density at radius 2 is 2.17 bits per heavy atom. The normalized spacial score (nSPS) is 10.9. The van der Waals surface area contributed by atoms with Crippen LogP contribution in [0.25, 0.3) is 11.8 Å². The highest BCUT2D eigenvalue weighted by molar-refractivity contribution is 6.31. The van der Waals surface area contributed by atoms with Gasteiger partial charge in [-0.1, -0.05) is 42.5 Å². The standard InChI is InChI=1S/C17H14ClN3O2/c1-3-9-23-17(22)13(11-19)10-15-12(2)20-21(16(15)18)14-7-5-4-6-8-14/h3-8,10H,1,9H2,2H3/b13-10+. The van der Waals surface area contributed by atoms with Gasteiger partial charge in [-0.15, -0.1) is 0 Å². The molecule has 0 aliphatic rings. The smallest absolute Gasteiger partial charge is 0.349 e. The highest BCUT2D eigenvalue weighted by Crippen LogP contribution is 2.25. The second-order valence-electron chi connectivity index (χ2n) is 4.59. The van der Waals surface area contributed by atoms with Crippen LogP contribution in [-0.2, 0) is 9.53 Å². The summed E-state index contributed by atoms with van der Waals surface area (Å²) in [5, 5.41) is 13.8. The number of para-hydroxylation sites is 1. The Morgan fingerprint density at radius 3 is 2.78 bits per heavy atom. The molecule has 0 atom stereocenters. The fraction of sp³-hybridized carbons (Fsp3) is 0.118. The lowest BCUT2D eigenvalue weighted by Crippen LogP contribution is -2.06. The SMILES string of the molecule is C=CCOC(=O)/C(C#N)=C/c1c(C)nn(-c2ccccc2)c1Cl. The van der Waals surface area contributed by atoms with Crippen LogP contribution in [0.1, 0.15) is 11.3 Å². The Hall–Kier alpha value is -2.84. The van der Waals surface area contributed by atoms with Crippen molar-refractivity contribution in [2.75, 3.05) is 6.61 Å². The zero-order valence-electron chi connectivity index (χ0n) is 12.5. The fourth-order valence-corrected chi connectivity index (χ4v) is 2.24. The summed E-state index contributed by atoms with van der Waals surface area (Å²) in [5.74, 6) is -0.727. The van der Waals surface area contributed by atoms with E-state index in [-0.39, 0.29) is 12.2 Å². The number of rotatable bonds is 5. The molecule has 1 heterocycles. The molecule has 2 aromatic rings. The summed E-state index contributed by atoms with van der Waals surface area (Å²) in [6.07, 6.45) is 2.81. The summed E-state index contributed by atoms with van der Waals surface area (Å²) in [6.45, 7) is 5.24. The first kappa shape index (κ1) is 16.5. The van der Waals surface area contributed by atoms with E-state index in [9.17, 15) is 4.79 Å². The molecular weight excluding hydrogens is 314 g/mol. The van der Waals surface area contributed by atoms with E-state index in [1.54, 1.807) is 11.6 Å². The van der Waals surface area contributed by atoms with Crippen molar-refractivity contribution in [3.8, 4) is 11.8 Å². The number of nitriles is 1. The van der Waals surface area contributed by atoms with Gasteiger partial charge in [0.25, 0.3) is 0 Å². The van der Waals surface area contributed by atoms with Crippen molar-refractivity contribution in [1.29, 1.82) is 5.26 Å². The number of aromatic nitrogens is 2. The Morgan fingerprint density at radius 1 is 1.48 bits per heavy atom. The van der Waals surface area contributed by atoms with Crippen LogP contribution in [0.5, 0.6) is 0 Å². The van der Waals surface area contributed by atoms with E-state index in [4.69, 9.17) is 21.6 Å². The molecule has 0 aliphatic heterocycles. The summed E-state index contributed by atoms with van der Waals surface area (Å²) in [7, 11) is 0. The van der Waals surface area contributed by atoms with Gasteiger partial charge in [-0.05, 0) is 25.1 Å². The van der Waals surface area contributed by atoms with Gasteiger partial charge in [0.1, 0.15) is 23.4 Å². The van der Waals surface area contributed by atoms with E-state index < -0.39 is 5.97 Å². The van der Waals surface area contributed by atoms with Crippen molar-refractivity contribution in [3.05, 3.63) is 65.0 Å². The first-order chi connectivity index (χ1) is 11.1. The average Bonchev–Trinajstić information content (AvgIpc) is 2.85. The number of carbonyl (C=O) groups is 1. The quantitative estimate of drug-likeness (QED) is 0.365. The van der Waals surface area contributed by atoms with Gasteiger partial charge in [0, 0.05) is 5.56 Å². The second kappa shape index (κ2) is 7.43. The van der Waals surface area contributed by atoms with Crippen LogP contribution >= 0.6 is 11.6 Å². The number of carbonyl (C=O) groups excluding carboxylic acids is 1. The van der Waals surface area contributed by atoms with Gasteiger partial charge in [0.05, 0.1) is 11.4 Å². The van der Waals surface area contributed by atoms with Crippen molar-refractivity contribution >= 4 is 23.6 Å². The number of hydrogen-bond donors (Lipinski definition) is 0. The van der Waals surface area contributed by atoms with Crippen LogP contribution in [0.2, 0.25) is 5.15 Å². The first-order valence-corrected chi connectivity index (χ1v) is 7.16. The summed E-state index contributed by atoms with van der Waals surface area (Å²) in [5.41, 5.74) is 1.74. The molecule has 1 aromatic heterocycles. The number of benzene rings is 1.